The third-order valence-corrected chi connectivity index (χ3v) is 4.93. The number of esters is 1. The smallest absolute Gasteiger partial charge is 0.349 e. The molecule has 6 heteroatoms. The topological polar surface area (TPSA) is 39.2 Å². The van der Waals surface area contributed by atoms with Crippen LogP contribution in [0.25, 0.3) is 0 Å². The van der Waals surface area contributed by atoms with Crippen LogP contribution in [0.4, 0.5) is 0 Å². The van der Waals surface area contributed by atoms with E-state index >= 15 is 0 Å². The van der Waals surface area contributed by atoms with Gasteiger partial charge in [0.15, 0.2) is 0 Å². The van der Waals surface area contributed by atoms with Gasteiger partial charge in [-0.2, -0.15) is 0 Å². The number of aryl methyl sites for hydroxylation is 1. The van der Waals surface area contributed by atoms with Crippen molar-refractivity contribution in [2.75, 3.05) is 7.11 Å². The third-order valence-electron chi connectivity index (χ3n) is 2.37. The number of thioether (sulfide) groups is 1. The molecule has 0 saturated heterocycles. The first-order chi connectivity index (χ1) is 9.10. The summed E-state index contributed by atoms with van der Waals surface area (Å²) >= 11 is 8.95. The van der Waals surface area contributed by atoms with Crippen molar-refractivity contribution in [3.8, 4) is 0 Å². The molecule has 1 aromatic heterocycles. The van der Waals surface area contributed by atoms with Gasteiger partial charge in [0.25, 0.3) is 0 Å². The molecule has 0 aliphatic heterocycles. The van der Waals surface area contributed by atoms with Crippen molar-refractivity contribution in [1.29, 1.82) is 0 Å². The van der Waals surface area contributed by atoms with E-state index in [1.54, 1.807) is 11.8 Å². The lowest BCUT2D eigenvalue weighted by molar-refractivity contribution is 0.0605. The van der Waals surface area contributed by atoms with Gasteiger partial charge >= 0.3 is 5.97 Å². The Bertz CT molecular complexity index is 598. The van der Waals surface area contributed by atoms with Crippen LogP contribution in [0.15, 0.2) is 29.2 Å². The summed E-state index contributed by atoms with van der Waals surface area (Å²) in [7, 11) is 1.38. The molecule has 100 valence electrons. The maximum Gasteiger partial charge on any atom is 0.349 e. The van der Waals surface area contributed by atoms with E-state index in [0.717, 1.165) is 20.6 Å². The van der Waals surface area contributed by atoms with Gasteiger partial charge in [0.05, 0.1) is 18.6 Å². The highest BCUT2D eigenvalue weighted by Crippen LogP contribution is 2.28. The summed E-state index contributed by atoms with van der Waals surface area (Å²) < 4.78 is 4.72. The van der Waals surface area contributed by atoms with Gasteiger partial charge < -0.3 is 4.74 Å². The Kier molecular flexibility index (Phi) is 4.85. The molecule has 2 aromatic rings. The number of carbonyl (C=O) groups is 1. The molecule has 19 heavy (non-hydrogen) atoms. The zero-order chi connectivity index (χ0) is 13.8. The first kappa shape index (κ1) is 14.4. The van der Waals surface area contributed by atoms with Crippen molar-refractivity contribution in [1.82, 2.24) is 4.98 Å². The van der Waals surface area contributed by atoms with E-state index in [0.29, 0.717) is 10.6 Å². The van der Waals surface area contributed by atoms with Gasteiger partial charge in [-0.3, -0.25) is 0 Å². The van der Waals surface area contributed by atoms with Crippen LogP contribution in [-0.4, -0.2) is 18.1 Å². The molecule has 0 aliphatic rings. The van der Waals surface area contributed by atoms with Crippen molar-refractivity contribution < 1.29 is 9.53 Å². The lowest BCUT2D eigenvalue weighted by atomic mass is 10.4. The van der Waals surface area contributed by atoms with Gasteiger partial charge in [0.1, 0.15) is 9.88 Å². The normalized spacial score (nSPS) is 10.5. The van der Waals surface area contributed by atoms with Gasteiger partial charge in [-0.25, -0.2) is 9.78 Å². The van der Waals surface area contributed by atoms with E-state index in [1.807, 2.05) is 31.2 Å². The fourth-order valence-electron chi connectivity index (χ4n) is 1.50. The summed E-state index contributed by atoms with van der Waals surface area (Å²) in [5.41, 5.74) is 0.721. The van der Waals surface area contributed by atoms with E-state index in [-0.39, 0.29) is 5.97 Å². The zero-order valence-electron chi connectivity index (χ0n) is 10.5. The maximum absolute atomic E-state index is 11.5. The number of halogens is 1. The molecule has 0 amide bonds. The minimum absolute atomic E-state index is 0.325. The zero-order valence-corrected chi connectivity index (χ0v) is 12.9. The summed E-state index contributed by atoms with van der Waals surface area (Å²) in [6.45, 7) is 1.82. The number of aromatic nitrogens is 1. The van der Waals surface area contributed by atoms with Gasteiger partial charge in [-0.15, -0.1) is 23.1 Å². The molecule has 0 aliphatic carbocycles. The molecular weight excluding hydrogens is 302 g/mol. The van der Waals surface area contributed by atoms with Gasteiger partial charge in [-0.05, 0) is 25.1 Å². The number of nitrogens with zero attached hydrogens (tertiary/aromatic N) is 1. The molecule has 0 unspecified atom stereocenters. The molecule has 0 saturated carbocycles. The summed E-state index contributed by atoms with van der Waals surface area (Å²) in [4.78, 5) is 17.5. The Morgan fingerprint density at radius 3 is 3.00 bits per heavy atom. The first-order valence-electron chi connectivity index (χ1n) is 5.53. The molecule has 0 radical (unpaired) electrons. The average Bonchev–Trinajstić information content (AvgIpc) is 2.77. The summed E-state index contributed by atoms with van der Waals surface area (Å²) in [5, 5.41) is 1.62. The van der Waals surface area contributed by atoms with Crippen molar-refractivity contribution in [2.45, 2.75) is 17.6 Å². The van der Waals surface area contributed by atoms with Crippen LogP contribution < -0.4 is 0 Å². The highest BCUT2D eigenvalue weighted by atomic mass is 35.5. The Labute approximate surface area is 125 Å². The summed E-state index contributed by atoms with van der Waals surface area (Å²) in [6.07, 6.45) is 0. The molecule has 1 heterocycles. The second kappa shape index (κ2) is 6.41. The third kappa shape index (κ3) is 3.72. The summed E-state index contributed by atoms with van der Waals surface area (Å²) in [6, 6.07) is 7.66. The van der Waals surface area contributed by atoms with Gasteiger partial charge in [-0.1, -0.05) is 17.7 Å². The van der Waals surface area contributed by atoms with E-state index in [1.165, 1.54) is 18.4 Å². The fraction of sp³-hybridized carbons (Fsp3) is 0.231. The number of rotatable bonds is 4. The van der Waals surface area contributed by atoms with Crippen LogP contribution in [-0.2, 0) is 10.5 Å². The predicted molar refractivity (Wildman–Crippen MR) is 79.2 cm³/mol. The number of hydrogen-bond donors (Lipinski definition) is 0. The Morgan fingerprint density at radius 2 is 2.32 bits per heavy atom. The van der Waals surface area contributed by atoms with Crippen LogP contribution in [0, 0.1) is 6.92 Å². The van der Waals surface area contributed by atoms with Crippen LogP contribution in [0.2, 0.25) is 5.02 Å². The van der Waals surface area contributed by atoms with E-state index in [2.05, 4.69) is 4.98 Å². The molecule has 0 spiro atoms. The molecule has 0 fully saturated rings. The monoisotopic (exact) mass is 313 g/mol. The van der Waals surface area contributed by atoms with E-state index < -0.39 is 0 Å². The van der Waals surface area contributed by atoms with Crippen LogP contribution in [0.5, 0.6) is 0 Å². The SMILES string of the molecule is COC(=O)c1sc(CSc2cccc(Cl)c2)nc1C. The minimum atomic E-state index is -0.325. The predicted octanol–water partition coefficient (Wildman–Crippen LogP) is 4.18. The van der Waals surface area contributed by atoms with Gasteiger partial charge in [0.2, 0.25) is 0 Å². The fourth-order valence-corrected chi connectivity index (χ4v) is 3.68. The standard InChI is InChI=1S/C13H12ClNO2S2/c1-8-12(13(16)17-2)19-11(15-8)7-18-10-5-3-4-9(14)6-10/h3-6H,7H2,1-2H3. The lowest BCUT2D eigenvalue weighted by Gasteiger charge is -1.99. The quantitative estimate of drug-likeness (QED) is 0.627. The van der Waals surface area contributed by atoms with Crippen LogP contribution in [0.1, 0.15) is 20.4 Å². The van der Waals surface area contributed by atoms with Gasteiger partial charge in [0, 0.05) is 9.92 Å². The molecule has 3 nitrogen and oxygen atoms in total. The number of benzene rings is 1. The molecule has 0 bridgehead atoms. The Hall–Kier alpha value is -1.04. The van der Waals surface area contributed by atoms with Crippen molar-refractivity contribution in [3.63, 3.8) is 0 Å². The van der Waals surface area contributed by atoms with Crippen LogP contribution in [0.3, 0.4) is 0 Å². The molecule has 0 N–H and O–H groups in total. The van der Waals surface area contributed by atoms with Crippen molar-refractivity contribution in [2.24, 2.45) is 0 Å². The van der Waals surface area contributed by atoms with Crippen molar-refractivity contribution >= 4 is 40.7 Å². The lowest BCUT2D eigenvalue weighted by Crippen LogP contribution is -1.99. The van der Waals surface area contributed by atoms with E-state index in [4.69, 9.17) is 16.3 Å². The highest BCUT2D eigenvalue weighted by molar-refractivity contribution is 7.98. The maximum atomic E-state index is 11.5. The summed E-state index contributed by atoms with van der Waals surface area (Å²) in [5.74, 6) is 0.386. The Balaban J connectivity index is 2.06. The number of ether oxygens (including phenoxy) is 1. The first-order valence-corrected chi connectivity index (χ1v) is 7.71. The minimum Gasteiger partial charge on any atom is -0.465 e. The molecule has 0 atom stereocenters. The second-order valence-electron chi connectivity index (χ2n) is 3.76. The largest absolute Gasteiger partial charge is 0.465 e. The van der Waals surface area contributed by atoms with Crippen molar-refractivity contribution in [3.05, 3.63) is 44.9 Å². The number of methoxy groups -OCH3 is 1. The average molecular weight is 314 g/mol. The molecule has 2 rings (SSSR count). The number of carbonyl (C=O) groups excluding carboxylic acids is 1. The Morgan fingerprint density at radius 1 is 1.53 bits per heavy atom. The second-order valence-corrected chi connectivity index (χ2v) is 6.33. The molecule has 1 aromatic carbocycles. The van der Waals surface area contributed by atoms with Crippen LogP contribution >= 0.6 is 34.7 Å². The molecular formula is C13H12ClNO2S2. The van der Waals surface area contributed by atoms with E-state index in [9.17, 15) is 4.79 Å². The highest BCUT2D eigenvalue weighted by Gasteiger charge is 2.15. The number of hydrogen-bond acceptors (Lipinski definition) is 5. The number of thiazole rings is 1.